The van der Waals surface area contributed by atoms with Gasteiger partial charge in [-0.15, -0.1) is 0 Å². The van der Waals surface area contributed by atoms with Crippen LogP contribution in [-0.4, -0.2) is 0 Å². The maximum absolute atomic E-state index is 2.49. The minimum atomic E-state index is 0.766. The molecule has 0 radical (unpaired) electrons. The number of hydrogen-bond donors (Lipinski definition) is 0. The molecule has 2 rings (SSSR count). The van der Waals surface area contributed by atoms with Gasteiger partial charge in [0.05, 0.1) is 0 Å². The molecule has 2 saturated carbocycles. The van der Waals surface area contributed by atoms with E-state index in [1.165, 1.54) is 25.7 Å². The van der Waals surface area contributed by atoms with E-state index in [1.807, 2.05) is 0 Å². The van der Waals surface area contributed by atoms with Crippen LogP contribution in [0.2, 0.25) is 0 Å². The summed E-state index contributed by atoms with van der Waals surface area (Å²) in [5.41, 5.74) is 1.64. The predicted octanol–water partition coefficient (Wildman–Crippen LogP) is 3.22. The number of hydrogen-bond acceptors (Lipinski definition) is 0. The fraction of sp³-hybridized carbons (Fsp3) is 1.00. The molecular formula is C10H18. The summed E-state index contributed by atoms with van der Waals surface area (Å²) < 4.78 is 0. The molecule has 0 heterocycles. The zero-order chi connectivity index (χ0) is 7.41. The standard InChI is InChI=1S/C10H18/c1-4-8(2)9(3)7-10(9)5-6-10/h8H,4-7H2,1-3H3. The van der Waals surface area contributed by atoms with E-state index in [4.69, 9.17) is 0 Å². The first-order valence-electron chi connectivity index (χ1n) is 4.65. The Morgan fingerprint density at radius 1 is 1.40 bits per heavy atom. The summed E-state index contributed by atoms with van der Waals surface area (Å²) in [6, 6.07) is 0. The highest BCUT2D eigenvalue weighted by Gasteiger charge is 2.72. The molecule has 0 aromatic heterocycles. The van der Waals surface area contributed by atoms with Crippen molar-refractivity contribution in [3.63, 3.8) is 0 Å². The first kappa shape index (κ1) is 6.69. The van der Waals surface area contributed by atoms with Crippen LogP contribution in [0.15, 0.2) is 0 Å². The highest BCUT2D eigenvalue weighted by molar-refractivity contribution is 5.21. The lowest BCUT2D eigenvalue weighted by atomic mass is 9.87. The average Bonchev–Trinajstić information content (AvgIpc) is 2.77. The fourth-order valence-electron chi connectivity index (χ4n) is 2.70. The van der Waals surface area contributed by atoms with Crippen molar-refractivity contribution in [1.29, 1.82) is 0 Å². The van der Waals surface area contributed by atoms with E-state index >= 15 is 0 Å². The van der Waals surface area contributed by atoms with Crippen molar-refractivity contribution in [1.82, 2.24) is 0 Å². The van der Waals surface area contributed by atoms with Crippen LogP contribution in [-0.2, 0) is 0 Å². The van der Waals surface area contributed by atoms with Gasteiger partial charge >= 0.3 is 0 Å². The van der Waals surface area contributed by atoms with Crippen LogP contribution in [0.5, 0.6) is 0 Å². The zero-order valence-electron chi connectivity index (χ0n) is 7.41. The van der Waals surface area contributed by atoms with Crippen LogP contribution in [0.4, 0.5) is 0 Å². The van der Waals surface area contributed by atoms with E-state index in [1.54, 1.807) is 0 Å². The van der Waals surface area contributed by atoms with Crippen LogP contribution in [0.25, 0.3) is 0 Å². The predicted molar refractivity (Wildman–Crippen MR) is 43.8 cm³/mol. The van der Waals surface area contributed by atoms with Gasteiger partial charge in [0, 0.05) is 0 Å². The highest BCUT2D eigenvalue weighted by atomic mass is 14.8. The molecule has 2 atom stereocenters. The largest absolute Gasteiger partial charge is 0.0651 e. The second kappa shape index (κ2) is 1.60. The first-order chi connectivity index (χ1) is 4.65. The van der Waals surface area contributed by atoms with Crippen LogP contribution >= 0.6 is 0 Å². The van der Waals surface area contributed by atoms with Gasteiger partial charge in [-0.25, -0.2) is 0 Å². The first-order valence-corrected chi connectivity index (χ1v) is 4.65. The van der Waals surface area contributed by atoms with Crippen molar-refractivity contribution in [3.8, 4) is 0 Å². The lowest BCUT2D eigenvalue weighted by Gasteiger charge is -2.18. The van der Waals surface area contributed by atoms with Crippen LogP contribution in [0.1, 0.15) is 46.5 Å². The maximum atomic E-state index is 2.49. The van der Waals surface area contributed by atoms with E-state index < -0.39 is 0 Å². The van der Waals surface area contributed by atoms with E-state index in [0.717, 1.165) is 16.7 Å². The van der Waals surface area contributed by atoms with Gasteiger partial charge in [0.2, 0.25) is 0 Å². The van der Waals surface area contributed by atoms with Gasteiger partial charge < -0.3 is 0 Å². The quantitative estimate of drug-likeness (QED) is 0.549. The SMILES string of the molecule is CCC(C)C1(C)CC12CC2. The van der Waals surface area contributed by atoms with Crippen molar-refractivity contribution in [2.45, 2.75) is 46.5 Å². The van der Waals surface area contributed by atoms with E-state index in [9.17, 15) is 0 Å². The summed E-state index contributed by atoms with van der Waals surface area (Å²) >= 11 is 0. The molecule has 0 aromatic carbocycles. The zero-order valence-corrected chi connectivity index (χ0v) is 7.41. The summed E-state index contributed by atoms with van der Waals surface area (Å²) in [7, 11) is 0. The molecule has 2 fully saturated rings. The van der Waals surface area contributed by atoms with E-state index in [-0.39, 0.29) is 0 Å². The average molecular weight is 138 g/mol. The van der Waals surface area contributed by atoms with Crippen LogP contribution < -0.4 is 0 Å². The molecule has 0 N–H and O–H groups in total. The van der Waals surface area contributed by atoms with Crippen LogP contribution in [0, 0.1) is 16.7 Å². The summed E-state index contributed by atoms with van der Waals surface area (Å²) in [5.74, 6) is 0.968. The molecule has 2 aliphatic rings. The minimum Gasteiger partial charge on any atom is -0.0651 e. The smallest absolute Gasteiger partial charge is 0.0235 e. The molecule has 0 aliphatic heterocycles. The second-order valence-electron chi connectivity index (χ2n) is 4.68. The molecule has 2 unspecified atom stereocenters. The van der Waals surface area contributed by atoms with Crippen LogP contribution in [0.3, 0.4) is 0 Å². The molecule has 0 heteroatoms. The van der Waals surface area contributed by atoms with Gasteiger partial charge in [0.1, 0.15) is 0 Å². The highest BCUT2D eigenvalue weighted by Crippen LogP contribution is 2.81. The third-order valence-electron chi connectivity index (χ3n) is 4.35. The normalized spacial score (nSPS) is 43.5. The Morgan fingerprint density at radius 2 is 2.00 bits per heavy atom. The van der Waals surface area contributed by atoms with Gasteiger partial charge in [-0.05, 0) is 36.0 Å². The molecule has 0 amide bonds. The molecule has 58 valence electrons. The fourth-order valence-corrected chi connectivity index (χ4v) is 2.70. The minimum absolute atomic E-state index is 0.766. The van der Waals surface area contributed by atoms with E-state index in [2.05, 4.69) is 20.8 Å². The topological polar surface area (TPSA) is 0 Å². The van der Waals surface area contributed by atoms with Gasteiger partial charge in [-0.2, -0.15) is 0 Å². The van der Waals surface area contributed by atoms with Crippen molar-refractivity contribution >= 4 is 0 Å². The Balaban J connectivity index is 2.05. The van der Waals surface area contributed by atoms with Gasteiger partial charge in [-0.1, -0.05) is 27.2 Å². The molecule has 0 aromatic rings. The lowest BCUT2D eigenvalue weighted by molar-refractivity contribution is 0.315. The molecule has 0 saturated heterocycles. The molecule has 10 heavy (non-hydrogen) atoms. The van der Waals surface area contributed by atoms with Crippen molar-refractivity contribution in [2.24, 2.45) is 16.7 Å². The Kier molecular flexibility index (Phi) is 1.07. The molecule has 0 bridgehead atoms. The molecule has 1 spiro atoms. The van der Waals surface area contributed by atoms with Crippen molar-refractivity contribution in [2.75, 3.05) is 0 Å². The monoisotopic (exact) mass is 138 g/mol. The summed E-state index contributed by atoms with van der Waals surface area (Å²) in [4.78, 5) is 0. The molecular weight excluding hydrogens is 120 g/mol. The van der Waals surface area contributed by atoms with E-state index in [0.29, 0.717) is 0 Å². The number of rotatable bonds is 2. The molecule has 2 aliphatic carbocycles. The summed E-state index contributed by atoms with van der Waals surface area (Å²) in [6.45, 7) is 7.24. The maximum Gasteiger partial charge on any atom is -0.0235 e. The Labute approximate surface area is 64.0 Å². The van der Waals surface area contributed by atoms with Gasteiger partial charge in [-0.3, -0.25) is 0 Å². The Morgan fingerprint density at radius 3 is 2.30 bits per heavy atom. The summed E-state index contributed by atoms with van der Waals surface area (Å²) in [6.07, 6.45) is 5.98. The third kappa shape index (κ3) is 0.580. The van der Waals surface area contributed by atoms with Gasteiger partial charge in [0.25, 0.3) is 0 Å². The Bertz CT molecular complexity index is 155. The molecule has 0 nitrogen and oxygen atoms in total. The summed E-state index contributed by atoms with van der Waals surface area (Å²) in [5, 5.41) is 0. The second-order valence-corrected chi connectivity index (χ2v) is 4.68. The van der Waals surface area contributed by atoms with Gasteiger partial charge in [0.15, 0.2) is 0 Å². The third-order valence-corrected chi connectivity index (χ3v) is 4.35. The van der Waals surface area contributed by atoms with Crippen molar-refractivity contribution in [3.05, 3.63) is 0 Å². The van der Waals surface area contributed by atoms with Crippen molar-refractivity contribution < 1.29 is 0 Å². The lowest BCUT2D eigenvalue weighted by Crippen LogP contribution is -2.10. The Hall–Kier alpha value is 0.